The topological polar surface area (TPSA) is 39.4 Å². The molecule has 0 radical (unpaired) electrons. The minimum Gasteiger partial charge on any atom is -0.384 e. The van der Waals surface area contributed by atoms with Crippen molar-refractivity contribution in [3.8, 4) is 0 Å². The summed E-state index contributed by atoms with van der Waals surface area (Å²) in [5, 5.41) is 10.4. The Hall–Kier alpha value is -6.05. The fraction of sp³-hybridized carbons (Fsp3) is 0.288. The maximum atomic E-state index is 10.4. The second-order valence-corrected chi connectivity index (χ2v) is 16.2. The molecule has 0 unspecified atom stereocenters. The van der Waals surface area contributed by atoms with Gasteiger partial charge in [-0.3, -0.25) is 0 Å². The molecule has 6 rings (SSSR count). The first-order valence-electron chi connectivity index (χ1n) is 20.2. The number of benzene rings is 5. The van der Waals surface area contributed by atoms with E-state index in [1.807, 2.05) is 86.5 Å². The maximum Gasteiger partial charge on any atom is 1.00 e. The van der Waals surface area contributed by atoms with E-state index in [0.717, 1.165) is 22.5 Å². The monoisotopic (exact) mass is 793 g/mol. The summed E-state index contributed by atoms with van der Waals surface area (Å²) >= 11 is 0. The van der Waals surface area contributed by atoms with Crippen LogP contribution in [0.1, 0.15) is 48.2 Å². The minimum atomic E-state index is -0.581. The van der Waals surface area contributed by atoms with E-state index in [1.54, 1.807) is 0 Å². The number of nitrogens with zero attached hydrogens (tertiary/aromatic N) is 6. The van der Waals surface area contributed by atoms with Crippen LogP contribution in [0.5, 0.6) is 0 Å². The molecule has 0 amide bonds. The van der Waals surface area contributed by atoms with E-state index in [-0.39, 0.29) is 1.43 Å². The lowest BCUT2D eigenvalue weighted by Crippen LogP contribution is -2.09. The molecule has 0 saturated carbocycles. The van der Waals surface area contributed by atoms with Crippen LogP contribution in [0.25, 0.3) is 6.08 Å². The minimum absolute atomic E-state index is 0. The van der Waals surface area contributed by atoms with E-state index in [2.05, 4.69) is 186 Å². The van der Waals surface area contributed by atoms with Crippen molar-refractivity contribution in [2.24, 2.45) is 0 Å². The molecule has 1 N–H and O–H groups in total. The van der Waals surface area contributed by atoms with Crippen LogP contribution in [-0.2, 0) is 0 Å². The van der Waals surface area contributed by atoms with E-state index in [0.29, 0.717) is 5.92 Å². The first-order valence-corrected chi connectivity index (χ1v) is 20.2. The van der Waals surface area contributed by atoms with Gasteiger partial charge in [-0.2, -0.15) is 0 Å². The van der Waals surface area contributed by atoms with Gasteiger partial charge in [-0.25, -0.2) is 4.58 Å². The number of aliphatic hydroxyl groups is 1. The predicted octanol–water partition coefficient (Wildman–Crippen LogP) is 9.96. The second-order valence-electron chi connectivity index (χ2n) is 16.2. The number of rotatable bonds is 10. The van der Waals surface area contributed by atoms with Gasteiger partial charge in [-0.15, -0.1) is 0 Å². The fourth-order valence-electron chi connectivity index (χ4n) is 6.35. The van der Waals surface area contributed by atoms with Gasteiger partial charge >= 0.3 is 1.43 Å². The van der Waals surface area contributed by atoms with Gasteiger partial charge in [-0.1, -0.05) is 67.6 Å². The lowest BCUT2D eigenvalue weighted by molar-refractivity contribution is -0.462. The van der Waals surface area contributed by atoms with Crippen LogP contribution in [0, 0.1) is 0 Å². The number of anilines is 5. The largest absolute Gasteiger partial charge is 1.00 e. The number of hydrogen-bond donors (Lipinski definition) is 1. The third-order valence-electron chi connectivity index (χ3n) is 10.4. The average molecular weight is 793 g/mol. The normalized spacial score (nSPS) is 11.7. The number of hydrogen-bond acceptors (Lipinski definition) is 6. The van der Waals surface area contributed by atoms with Crippen LogP contribution in [0.4, 0.5) is 28.4 Å². The Bertz CT molecular complexity index is 1930. The highest BCUT2D eigenvalue weighted by molar-refractivity contribution is 6.02. The van der Waals surface area contributed by atoms with Gasteiger partial charge in [0.25, 0.3) is 0 Å². The van der Waals surface area contributed by atoms with E-state index in [1.165, 1.54) is 45.0 Å². The Morgan fingerprint density at radius 3 is 0.966 bits per heavy atom. The van der Waals surface area contributed by atoms with Gasteiger partial charge in [0.05, 0.1) is 0 Å². The van der Waals surface area contributed by atoms with Crippen LogP contribution >= 0.6 is 0 Å². The lowest BCUT2D eigenvalue weighted by atomic mass is 9.93. The number of allylic oxidation sites excluding steroid dienone is 5. The van der Waals surface area contributed by atoms with Crippen LogP contribution < -0.4 is 24.5 Å². The summed E-state index contributed by atoms with van der Waals surface area (Å²) in [5.74, 6) is 0.419. The summed E-state index contributed by atoms with van der Waals surface area (Å²) < 4.78 is 2.11. The molecule has 0 spiro atoms. The molecule has 7 heteroatoms. The molecular weight excluding hydrogens is 725 g/mol. The van der Waals surface area contributed by atoms with Crippen molar-refractivity contribution in [1.82, 2.24) is 0 Å². The van der Waals surface area contributed by atoms with Gasteiger partial charge in [0, 0.05) is 117 Å². The summed E-state index contributed by atoms with van der Waals surface area (Å²) in [6.07, 6.45) is 10.2. The van der Waals surface area contributed by atoms with Crippen molar-refractivity contribution >= 4 is 40.2 Å². The van der Waals surface area contributed by atoms with Crippen molar-refractivity contribution in [3.05, 3.63) is 179 Å². The third-order valence-corrected chi connectivity index (χ3v) is 10.4. The summed E-state index contributed by atoms with van der Waals surface area (Å²) in [5.41, 5.74) is 14.2. The van der Waals surface area contributed by atoms with Gasteiger partial charge in [0.1, 0.15) is 20.2 Å². The van der Waals surface area contributed by atoms with E-state index < -0.39 is 6.10 Å². The predicted molar refractivity (Wildman–Crippen MR) is 260 cm³/mol. The SMILES string of the molecule is CC(c1ccc(N(C)C)cc1)c1ccc(N(C)C)cc1.CN(C)c1ccc(C(O)c2ccc(N(C)C)cc2)cc1.CN(C)c1ccc(C=C2C=CC(=[N+](C)C)C=C2)cc1.[H+]. The molecule has 1 aliphatic carbocycles. The van der Waals surface area contributed by atoms with Crippen LogP contribution in [0.2, 0.25) is 0 Å². The molecular formula is C52H68N6O+2. The van der Waals surface area contributed by atoms with Gasteiger partial charge in [0.15, 0.2) is 5.71 Å². The highest BCUT2D eigenvalue weighted by atomic mass is 16.3. The zero-order valence-corrected chi connectivity index (χ0v) is 37.7. The molecule has 0 fully saturated rings. The van der Waals surface area contributed by atoms with Gasteiger partial charge in [0.2, 0.25) is 0 Å². The average Bonchev–Trinajstić information content (AvgIpc) is 3.24. The molecule has 5 aromatic rings. The van der Waals surface area contributed by atoms with Crippen LogP contribution in [0.15, 0.2) is 151 Å². The Kier molecular flexibility index (Phi) is 16.7. The zero-order valence-electron chi connectivity index (χ0n) is 38.7. The summed E-state index contributed by atoms with van der Waals surface area (Å²) in [6, 6.07) is 42.2. The second kappa shape index (κ2) is 21.6. The van der Waals surface area contributed by atoms with E-state index in [4.69, 9.17) is 0 Å². The molecule has 0 saturated heterocycles. The molecule has 7 nitrogen and oxygen atoms in total. The Morgan fingerprint density at radius 2 is 0.695 bits per heavy atom. The van der Waals surface area contributed by atoms with Crippen molar-refractivity contribution in [2.45, 2.75) is 18.9 Å². The zero-order chi connectivity index (χ0) is 43.2. The molecule has 0 bridgehead atoms. The third kappa shape index (κ3) is 13.5. The van der Waals surface area contributed by atoms with Crippen LogP contribution in [-0.4, -0.2) is 100.0 Å². The lowest BCUT2D eigenvalue weighted by Gasteiger charge is -2.17. The Morgan fingerprint density at radius 1 is 0.424 bits per heavy atom. The molecule has 310 valence electrons. The van der Waals surface area contributed by atoms with E-state index in [9.17, 15) is 5.11 Å². The molecule has 5 aromatic carbocycles. The van der Waals surface area contributed by atoms with Crippen molar-refractivity contribution < 1.29 is 11.1 Å². The molecule has 59 heavy (non-hydrogen) atoms. The van der Waals surface area contributed by atoms with Crippen molar-refractivity contribution in [2.75, 3.05) is 109 Å². The first-order chi connectivity index (χ1) is 28.0. The summed E-state index contributed by atoms with van der Waals surface area (Å²) in [7, 11) is 24.5. The summed E-state index contributed by atoms with van der Waals surface area (Å²) in [4.78, 5) is 10.4. The highest BCUT2D eigenvalue weighted by Gasteiger charge is 2.12. The fourth-order valence-corrected chi connectivity index (χ4v) is 6.35. The first kappa shape index (κ1) is 45.6. The Balaban J connectivity index is 0.000000238. The Labute approximate surface area is 357 Å². The van der Waals surface area contributed by atoms with Gasteiger partial charge < -0.3 is 29.6 Å². The molecule has 0 aliphatic heterocycles. The maximum absolute atomic E-state index is 10.4. The molecule has 0 aromatic heterocycles. The summed E-state index contributed by atoms with van der Waals surface area (Å²) in [6.45, 7) is 2.26. The molecule has 1 aliphatic rings. The van der Waals surface area contributed by atoms with E-state index >= 15 is 0 Å². The van der Waals surface area contributed by atoms with Crippen LogP contribution in [0.3, 0.4) is 0 Å². The van der Waals surface area contributed by atoms with Crippen molar-refractivity contribution in [1.29, 1.82) is 0 Å². The quantitative estimate of drug-likeness (QED) is 0.142. The molecule has 0 atom stereocenters. The number of aliphatic hydroxyl groups excluding tert-OH is 1. The van der Waals surface area contributed by atoms with Crippen molar-refractivity contribution in [3.63, 3.8) is 0 Å². The van der Waals surface area contributed by atoms with Gasteiger partial charge in [-0.05, 0) is 112 Å². The molecule has 0 heterocycles. The standard InChI is InChI=1S/C18H24N2.C17H22N2O.C17H21N2/c1-14(15-6-10-17(11-7-15)19(2)3)16-8-12-18(13-9-16)20(4)5;1-18(2)15-9-5-13(6-10-15)17(20)14-7-11-16(12-8-14)19(3)4;1-18(2)16-9-5-14(6-10-16)13-15-7-11-17(12-8-15)19(3)4/h6-14H,1-5H3;5-12,17,20H,1-4H3;5-13H,1-4H3/q;;+1/p+1. The smallest absolute Gasteiger partial charge is 0.384 e. The highest BCUT2D eigenvalue weighted by Crippen LogP contribution is 2.28.